The molecule has 0 aromatic heterocycles. The van der Waals surface area contributed by atoms with Crippen molar-refractivity contribution in [1.29, 1.82) is 0 Å². The van der Waals surface area contributed by atoms with E-state index in [1.165, 1.54) is 4.72 Å². The molecule has 0 spiro atoms. The Kier molecular flexibility index (Phi) is 2.99. The van der Waals surface area contributed by atoms with Crippen molar-refractivity contribution >= 4 is 21.7 Å². The van der Waals surface area contributed by atoms with E-state index < -0.39 is 32.6 Å². The lowest BCUT2D eigenvalue weighted by atomic mass is 10.3. The molecular weight excluding hydrogens is 244 g/mol. The molecule has 0 bridgehead atoms. The molecule has 6 nitrogen and oxygen atoms in total. The van der Waals surface area contributed by atoms with E-state index in [2.05, 4.69) is 5.73 Å². The number of benzene rings is 1. The number of nitrogens with one attached hydrogen (secondary N) is 1. The second kappa shape index (κ2) is 3.93. The van der Waals surface area contributed by atoms with E-state index in [4.69, 9.17) is 5.73 Å². The van der Waals surface area contributed by atoms with Gasteiger partial charge in [0.05, 0.1) is 0 Å². The normalized spacial score (nSPS) is 11.1. The lowest BCUT2D eigenvalue weighted by Crippen LogP contribution is -2.35. The molecule has 0 aliphatic carbocycles. The van der Waals surface area contributed by atoms with Crippen LogP contribution in [0.4, 0.5) is 19.3 Å². The quantitative estimate of drug-likeness (QED) is 0.636. The van der Waals surface area contributed by atoms with Gasteiger partial charge in [0.15, 0.2) is 4.90 Å². The maximum atomic E-state index is 13.2. The summed E-state index contributed by atoms with van der Waals surface area (Å²) >= 11 is 0. The van der Waals surface area contributed by atoms with Crippen molar-refractivity contribution in [3.63, 3.8) is 0 Å². The van der Waals surface area contributed by atoms with Gasteiger partial charge >= 0.3 is 6.03 Å². The molecule has 1 aromatic rings. The lowest BCUT2D eigenvalue weighted by Gasteiger charge is -2.07. The number of nitrogens with two attached hydrogens (primary N) is 2. The van der Waals surface area contributed by atoms with Crippen molar-refractivity contribution in [1.82, 2.24) is 4.72 Å². The SMILES string of the molecule is NC(=O)NS(=O)(=O)c1c(F)cc(N)cc1F. The number of carbonyl (C=O) groups excluding carboxylic acids is 1. The van der Waals surface area contributed by atoms with Gasteiger partial charge in [0.1, 0.15) is 11.6 Å². The van der Waals surface area contributed by atoms with Crippen molar-refractivity contribution in [3.05, 3.63) is 23.8 Å². The van der Waals surface area contributed by atoms with E-state index in [1.807, 2.05) is 0 Å². The molecule has 2 amide bonds. The maximum Gasteiger partial charge on any atom is 0.326 e. The second-order valence-electron chi connectivity index (χ2n) is 2.78. The van der Waals surface area contributed by atoms with Crippen molar-refractivity contribution in [2.45, 2.75) is 4.90 Å². The Morgan fingerprint density at radius 1 is 1.25 bits per heavy atom. The van der Waals surface area contributed by atoms with Gasteiger partial charge in [-0.1, -0.05) is 0 Å². The molecule has 5 N–H and O–H groups in total. The number of anilines is 1. The Labute approximate surface area is 89.3 Å². The first-order valence-corrected chi connectivity index (χ1v) is 5.29. The number of amides is 2. The summed E-state index contributed by atoms with van der Waals surface area (Å²) < 4.78 is 50.1. The highest BCUT2D eigenvalue weighted by Gasteiger charge is 2.25. The van der Waals surface area contributed by atoms with E-state index in [0.29, 0.717) is 12.1 Å². The zero-order chi connectivity index (χ0) is 12.5. The van der Waals surface area contributed by atoms with Crippen molar-refractivity contribution < 1.29 is 22.0 Å². The first kappa shape index (κ1) is 12.2. The second-order valence-corrected chi connectivity index (χ2v) is 4.40. The summed E-state index contributed by atoms with van der Waals surface area (Å²) in [6, 6.07) is -0.229. The van der Waals surface area contributed by atoms with Gasteiger partial charge in [0.2, 0.25) is 0 Å². The molecular formula is C7H7F2N3O3S. The van der Waals surface area contributed by atoms with Gasteiger partial charge in [0.25, 0.3) is 10.0 Å². The smallest absolute Gasteiger partial charge is 0.326 e. The van der Waals surface area contributed by atoms with Crippen LogP contribution in [0, 0.1) is 11.6 Å². The predicted octanol–water partition coefficient (Wildman–Crippen LogP) is -0.0960. The fourth-order valence-corrected chi connectivity index (χ4v) is 2.02. The molecule has 0 aliphatic rings. The monoisotopic (exact) mass is 251 g/mol. The fourth-order valence-electron chi connectivity index (χ4n) is 1.02. The summed E-state index contributed by atoms with van der Waals surface area (Å²) in [5, 5.41) is 0. The van der Waals surface area contributed by atoms with Crippen LogP contribution in [0.3, 0.4) is 0 Å². The molecule has 0 unspecified atom stereocenters. The van der Waals surface area contributed by atoms with Gasteiger partial charge in [-0.15, -0.1) is 0 Å². The third-order valence-electron chi connectivity index (χ3n) is 1.52. The largest absolute Gasteiger partial charge is 0.399 e. The van der Waals surface area contributed by atoms with Crippen LogP contribution in [0.5, 0.6) is 0 Å². The van der Waals surface area contributed by atoms with Crippen molar-refractivity contribution in [2.75, 3.05) is 5.73 Å². The van der Waals surface area contributed by atoms with E-state index in [9.17, 15) is 22.0 Å². The topological polar surface area (TPSA) is 115 Å². The number of nitrogen functional groups attached to an aromatic ring is 1. The number of rotatable bonds is 2. The van der Waals surface area contributed by atoms with Crippen LogP contribution in [0.2, 0.25) is 0 Å². The molecule has 1 aromatic carbocycles. The standard InChI is InChI=1S/C7H7F2N3O3S/c8-4-1-3(10)2-5(9)6(4)16(14,15)12-7(11)13/h1-2H,10H2,(H3,11,12,13). The van der Waals surface area contributed by atoms with Crippen molar-refractivity contribution in [3.8, 4) is 0 Å². The summed E-state index contributed by atoms with van der Waals surface area (Å²) in [6.45, 7) is 0. The van der Waals surface area contributed by atoms with Gasteiger partial charge in [-0.3, -0.25) is 0 Å². The van der Waals surface area contributed by atoms with Gasteiger partial charge in [-0.05, 0) is 12.1 Å². The van der Waals surface area contributed by atoms with E-state index in [1.54, 1.807) is 0 Å². The molecule has 16 heavy (non-hydrogen) atoms. The third kappa shape index (κ3) is 2.37. The molecule has 9 heteroatoms. The number of urea groups is 1. The molecule has 0 atom stereocenters. The summed E-state index contributed by atoms with van der Waals surface area (Å²) in [7, 11) is -4.67. The van der Waals surface area contributed by atoms with Crippen LogP contribution in [0.15, 0.2) is 17.0 Å². The highest BCUT2D eigenvalue weighted by atomic mass is 32.2. The Balaban J connectivity index is 3.39. The number of halogens is 2. The molecule has 88 valence electrons. The summed E-state index contributed by atoms with van der Waals surface area (Å²) in [5.41, 5.74) is 9.35. The third-order valence-corrected chi connectivity index (χ3v) is 2.92. The van der Waals surface area contributed by atoms with E-state index in [0.717, 1.165) is 0 Å². The van der Waals surface area contributed by atoms with Crippen LogP contribution in [0.25, 0.3) is 0 Å². The van der Waals surface area contributed by atoms with Gasteiger partial charge in [-0.2, -0.15) is 0 Å². The average molecular weight is 251 g/mol. The zero-order valence-electron chi connectivity index (χ0n) is 7.70. The number of primary amides is 1. The lowest BCUT2D eigenvalue weighted by molar-refractivity contribution is 0.253. The van der Waals surface area contributed by atoms with Crippen molar-refractivity contribution in [2.24, 2.45) is 5.73 Å². The first-order chi connectivity index (χ1) is 7.24. The van der Waals surface area contributed by atoms with Crippen LogP contribution in [0.1, 0.15) is 0 Å². The zero-order valence-corrected chi connectivity index (χ0v) is 8.51. The highest BCUT2D eigenvalue weighted by Crippen LogP contribution is 2.21. The molecule has 0 saturated heterocycles. The number of hydrogen-bond acceptors (Lipinski definition) is 4. The fraction of sp³-hybridized carbons (Fsp3) is 0. The van der Waals surface area contributed by atoms with E-state index in [-0.39, 0.29) is 5.69 Å². The van der Waals surface area contributed by atoms with Crippen LogP contribution >= 0.6 is 0 Å². The molecule has 1 rings (SSSR count). The predicted molar refractivity (Wildman–Crippen MR) is 50.7 cm³/mol. The Bertz CT molecular complexity index is 521. The minimum absolute atomic E-state index is 0.284. The van der Waals surface area contributed by atoms with E-state index >= 15 is 0 Å². The minimum Gasteiger partial charge on any atom is -0.399 e. The molecule has 0 fully saturated rings. The summed E-state index contributed by atoms with van der Waals surface area (Å²) in [6.07, 6.45) is 0. The maximum absolute atomic E-state index is 13.2. The summed E-state index contributed by atoms with van der Waals surface area (Å²) in [4.78, 5) is 9.04. The Hall–Kier alpha value is -1.90. The van der Waals surface area contributed by atoms with Crippen LogP contribution in [-0.4, -0.2) is 14.4 Å². The van der Waals surface area contributed by atoms with Gasteiger partial charge in [-0.25, -0.2) is 26.7 Å². The number of carbonyl (C=O) groups is 1. The minimum atomic E-state index is -4.67. The van der Waals surface area contributed by atoms with Gasteiger partial charge < -0.3 is 11.5 Å². The van der Waals surface area contributed by atoms with Gasteiger partial charge in [0, 0.05) is 5.69 Å². The van der Waals surface area contributed by atoms with Crippen LogP contribution < -0.4 is 16.2 Å². The van der Waals surface area contributed by atoms with Crippen LogP contribution in [-0.2, 0) is 10.0 Å². The number of sulfonamides is 1. The Morgan fingerprint density at radius 2 is 1.69 bits per heavy atom. The molecule has 0 heterocycles. The number of hydrogen-bond donors (Lipinski definition) is 3. The molecule has 0 saturated carbocycles. The highest BCUT2D eigenvalue weighted by molar-refractivity contribution is 7.90. The average Bonchev–Trinajstić information content (AvgIpc) is 1.96. The summed E-state index contributed by atoms with van der Waals surface area (Å²) in [5.74, 6) is -2.82. The molecule has 0 radical (unpaired) electrons. The Morgan fingerprint density at radius 3 is 2.06 bits per heavy atom. The first-order valence-electron chi connectivity index (χ1n) is 3.81. The molecule has 0 aliphatic heterocycles.